The predicted molar refractivity (Wildman–Crippen MR) is 75.0 cm³/mol. The van der Waals surface area contributed by atoms with Crippen LogP contribution in [0, 0.1) is 11.2 Å². The first kappa shape index (κ1) is 14.2. The summed E-state index contributed by atoms with van der Waals surface area (Å²) in [5.74, 6) is -0.0927. The summed E-state index contributed by atoms with van der Waals surface area (Å²) in [6, 6.07) is 7.06. The molecule has 0 aliphatic carbocycles. The lowest BCUT2D eigenvalue weighted by molar-refractivity contribution is 0.346. The van der Waals surface area contributed by atoms with E-state index in [4.69, 9.17) is 0 Å². The number of halogens is 3. The van der Waals surface area contributed by atoms with Gasteiger partial charge in [0.2, 0.25) is 0 Å². The molecule has 16 heavy (non-hydrogen) atoms. The van der Waals surface area contributed by atoms with Crippen molar-refractivity contribution in [1.29, 1.82) is 0 Å². The molecular formula is C13H17Br2F. The Morgan fingerprint density at radius 3 is 2.31 bits per heavy atom. The van der Waals surface area contributed by atoms with Crippen molar-refractivity contribution in [3.63, 3.8) is 0 Å². The van der Waals surface area contributed by atoms with Crippen LogP contribution in [0.3, 0.4) is 0 Å². The van der Waals surface area contributed by atoms with Gasteiger partial charge in [-0.3, -0.25) is 0 Å². The van der Waals surface area contributed by atoms with Crippen molar-refractivity contribution >= 4 is 31.9 Å². The summed E-state index contributed by atoms with van der Waals surface area (Å²) in [5.41, 5.74) is 0.937. The van der Waals surface area contributed by atoms with E-state index >= 15 is 0 Å². The number of rotatable bonds is 6. The normalized spacial score (nSPS) is 11.8. The molecule has 1 aromatic rings. The fourth-order valence-electron chi connectivity index (χ4n) is 1.93. The third kappa shape index (κ3) is 3.56. The van der Waals surface area contributed by atoms with E-state index in [1.165, 1.54) is 6.07 Å². The van der Waals surface area contributed by atoms with E-state index < -0.39 is 0 Å². The zero-order valence-electron chi connectivity index (χ0n) is 9.48. The molecule has 0 unspecified atom stereocenters. The lowest BCUT2D eigenvalue weighted by Crippen LogP contribution is -2.28. The fraction of sp³-hybridized carbons (Fsp3) is 0.538. The Labute approximate surface area is 114 Å². The highest BCUT2D eigenvalue weighted by molar-refractivity contribution is 9.09. The van der Waals surface area contributed by atoms with Gasteiger partial charge in [0.1, 0.15) is 5.82 Å². The molecule has 3 heteroatoms. The molecule has 0 spiro atoms. The van der Waals surface area contributed by atoms with Gasteiger partial charge in [-0.2, -0.15) is 0 Å². The Hall–Kier alpha value is 0.110. The van der Waals surface area contributed by atoms with E-state index in [-0.39, 0.29) is 11.2 Å². The molecule has 90 valence electrons. The van der Waals surface area contributed by atoms with Crippen LogP contribution in [0.5, 0.6) is 0 Å². The Kier molecular flexibility index (Phi) is 5.98. The molecule has 0 radical (unpaired) electrons. The average Bonchev–Trinajstić information content (AvgIpc) is 2.31. The maximum atomic E-state index is 13.6. The predicted octanol–water partition coefficient (Wildman–Crippen LogP) is 4.94. The van der Waals surface area contributed by atoms with E-state index in [1.807, 2.05) is 12.1 Å². The minimum Gasteiger partial charge on any atom is -0.207 e. The van der Waals surface area contributed by atoms with Crippen LogP contribution < -0.4 is 0 Å². The molecule has 0 nitrogen and oxygen atoms in total. The molecule has 0 saturated heterocycles. The van der Waals surface area contributed by atoms with Gasteiger partial charge in [-0.25, -0.2) is 4.39 Å². The van der Waals surface area contributed by atoms with Crippen molar-refractivity contribution in [1.82, 2.24) is 0 Å². The quantitative estimate of drug-likeness (QED) is 0.636. The van der Waals surface area contributed by atoms with E-state index in [9.17, 15) is 4.39 Å². The molecule has 1 rings (SSSR count). The van der Waals surface area contributed by atoms with E-state index in [0.717, 1.165) is 35.5 Å². The largest absolute Gasteiger partial charge is 0.207 e. The zero-order valence-corrected chi connectivity index (χ0v) is 12.7. The first-order chi connectivity index (χ1) is 7.67. The maximum Gasteiger partial charge on any atom is 0.126 e. The van der Waals surface area contributed by atoms with Gasteiger partial charge in [0.15, 0.2) is 0 Å². The molecule has 0 saturated carbocycles. The molecule has 0 bridgehead atoms. The summed E-state index contributed by atoms with van der Waals surface area (Å²) < 4.78 is 13.6. The van der Waals surface area contributed by atoms with E-state index in [0.29, 0.717) is 0 Å². The van der Waals surface area contributed by atoms with Crippen LogP contribution in [0.4, 0.5) is 4.39 Å². The Morgan fingerprint density at radius 2 is 1.81 bits per heavy atom. The molecule has 0 aromatic heterocycles. The zero-order chi connectivity index (χ0) is 12.0. The Bertz CT molecular complexity index is 321. The topological polar surface area (TPSA) is 0 Å². The SMILES string of the molecule is CCCC(CBr)(CBr)Cc1ccccc1F. The third-order valence-electron chi connectivity index (χ3n) is 2.87. The number of benzene rings is 1. The second-order valence-corrected chi connectivity index (χ2v) is 5.41. The number of hydrogen-bond donors (Lipinski definition) is 0. The smallest absolute Gasteiger partial charge is 0.126 e. The average molecular weight is 352 g/mol. The molecule has 0 fully saturated rings. The second kappa shape index (κ2) is 6.75. The molecule has 1 aromatic carbocycles. The highest BCUT2D eigenvalue weighted by atomic mass is 79.9. The summed E-state index contributed by atoms with van der Waals surface area (Å²) in [5, 5.41) is 1.79. The molecule has 0 atom stereocenters. The number of alkyl halides is 2. The monoisotopic (exact) mass is 350 g/mol. The molecule has 0 heterocycles. The third-order valence-corrected chi connectivity index (χ3v) is 5.25. The van der Waals surface area contributed by atoms with Crippen molar-refractivity contribution < 1.29 is 4.39 Å². The van der Waals surface area contributed by atoms with Crippen LogP contribution in [-0.4, -0.2) is 10.7 Å². The van der Waals surface area contributed by atoms with Crippen LogP contribution >= 0.6 is 31.9 Å². The minimum atomic E-state index is -0.0927. The van der Waals surface area contributed by atoms with Crippen molar-refractivity contribution in [2.45, 2.75) is 26.2 Å². The summed E-state index contributed by atoms with van der Waals surface area (Å²) in [6.45, 7) is 2.17. The van der Waals surface area contributed by atoms with Crippen LogP contribution in [0.2, 0.25) is 0 Å². The number of hydrogen-bond acceptors (Lipinski definition) is 0. The maximum absolute atomic E-state index is 13.6. The summed E-state index contributed by atoms with van der Waals surface area (Å²) >= 11 is 7.13. The van der Waals surface area contributed by atoms with Gasteiger partial charge < -0.3 is 0 Å². The highest BCUT2D eigenvalue weighted by Crippen LogP contribution is 2.33. The van der Waals surface area contributed by atoms with Crippen LogP contribution in [0.1, 0.15) is 25.3 Å². The van der Waals surface area contributed by atoms with Crippen LogP contribution in [0.15, 0.2) is 24.3 Å². The van der Waals surface area contributed by atoms with Crippen molar-refractivity contribution in [2.24, 2.45) is 5.41 Å². The van der Waals surface area contributed by atoms with E-state index in [2.05, 4.69) is 38.8 Å². The summed E-state index contributed by atoms with van der Waals surface area (Å²) in [7, 11) is 0. The standard InChI is InChI=1S/C13H17Br2F/c1-2-7-13(9-14,10-15)8-11-5-3-4-6-12(11)16/h3-6H,2,7-10H2,1H3. The summed E-state index contributed by atoms with van der Waals surface area (Å²) in [6.07, 6.45) is 2.99. The second-order valence-electron chi connectivity index (χ2n) is 4.29. The lowest BCUT2D eigenvalue weighted by atomic mass is 9.81. The van der Waals surface area contributed by atoms with Crippen molar-refractivity contribution in [3.8, 4) is 0 Å². The van der Waals surface area contributed by atoms with Crippen LogP contribution in [-0.2, 0) is 6.42 Å². The fourth-order valence-corrected chi connectivity index (χ4v) is 3.81. The molecule has 0 aliphatic rings. The Balaban J connectivity index is 2.87. The molecule has 0 amide bonds. The van der Waals surface area contributed by atoms with Crippen molar-refractivity contribution in [2.75, 3.05) is 10.7 Å². The van der Waals surface area contributed by atoms with Crippen molar-refractivity contribution in [3.05, 3.63) is 35.6 Å². The molecular weight excluding hydrogens is 335 g/mol. The first-order valence-corrected chi connectivity index (χ1v) is 7.77. The highest BCUT2D eigenvalue weighted by Gasteiger charge is 2.28. The van der Waals surface area contributed by atoms with E-state index in [1.54, 1.807) is 6.07 Å². The Morgan fingerprint density at radius 1 is 1.19 bits per heavy atom. The minimum absolute atomic E-state index is 0.0927. The molecule has 0 N–H and O–H groups in total. The van der Waals surface area contributed by atoms with Gasteiger partial charge in [-0.05, 0) is 29.9 Å². The van der Waals surface area contributed by atoms with Gasteiger partial charge in [0.25, 0.3) is 0 Å². The van der Waals surface area contributed by atoms with Gasteiger partial charge in [-0.15, -0.1) is 0 Å². The summed E-state index contributed by atoms with van der Waals surface area (Å²) in [4.78, 5) is 0. The first-order valence-electron chi connectivity index (χ1n) is 5.53. The van der Waals surface area contributed by atoms with Gasteiger partial charge in [0, 0.05) is 10.7 Å². The van der Waals surface area contributed by atoms with Gasteiger partial charge in [0.05, 0.1) is 0 Å². The van der Waals surface area contributed by atoms with Crippen LogP contribution in [0.25, 0.3) is 0 Å². The lowest BCUT2D eigenvalue weighted by Gasteiger charge is -2.30. The van der Waals surface area contributed by atoms with Gasteiger partial charge >= 0.3 is 0 Å². The van der Waals surface area contributed by atoms with Gasteiger partial charge in [-0.1, -0.05) is 63.4 Å². The molecule has 0 aliphatic heterocycles.